The van der Waals surface area contributed by atoms with Gasteiger partial charge in [0.1, 0.15) is 11.9 Å². The molecule has 1 spiro atoms. The molecule has 7 aromatic carbocycles. The van der Waals surface area contributed by atoms with E-state index in [1.165, 1.54) is 61.2 Å². The summed E-state index contributed by atoms with van der Waals surface area (Å²) in [5.41, 5.74) is 18.1. The fraction of sp³-hybridized carbons (Fsp3) is 0.0566. The number of fused-ring (bicyclic) bond motifs is 15. The first-order valence-corrected chi connectivity index (χ1v) is 19.4. The Balaban J connectivity index is 1.11. The van der Waals surface area contributed by atoms with Crippen molar-refractivity contribution in [2.24, 2.45) is 0 Å². The third kappa shape index (κ3) is 4.40. The van der Waals surface area contributed by atoms with Crippen LogP contribution in [0.1, 0.15) is 33.7 Å². The lowest BCUT2D eigenvalue weighted by atomic mass is 9.66. The smallest absolute Gasteiger partial charge is 0.160 e. The molecule has 0 bridgehead atoms. The van der Waals surface area contributed by atoms with Gasteiger partial charge in [0.25, 0.3) is 0 Å². The predicted octanol–water partition coefficient (Wildman–Crippen LogP) is 12.5. The third-order valence-electron chi connectivity index (χ3n) is 12.3. The van der Waals surface area contributed by atoms with Crippen LogP contribution in [0.25, 0.3) is 67.3 Å². The maximum Gasteiger partial charge on any atom is 0.160 e. The summed E-state index contributed by atoms with van der Waals surface area (Å²) < 4.78 is 6.45. The van der Waals surface area contributed by atoms with E-state index in [9.17, 15) is 0 Å². The molecule has 0 amide bonds. The van der Waals surface area contributed by atoms with Crippen LogP contribution in [0, 0.1) is 0 Å². The number of allylic oxidation sites excluding steroid dienone is 2. The quantitative estimate of drug-likeness (QED) is 0.183. The molecular weight excluding hydrogens is 681 g/mol. The van der Waals surface area contributed by atoms with E-state index in [4.69, 9.17) is 14.7 Å². The van der Waals surface area contributed by atoms with E-state index in [1.807, 2.05) is 18.2 Å². The zero-order chi connectivity index (χ0) is 36.8. The van der Waals surface area contributed by atoms with Crippen molar-refractivity contribution in [2.75, 3.05) is 0 Å². The molecule has 56 heavy (non-hydrogen) atoms. The lowest BCUT2D eigenvalue weighted by molar-refractivity contribution is 0.269. The summed E-state index contributed by atoms with van der Waals surface area (Å²) in [6.07, 6.45) is 8.58. The molecule has 262 valence electrons. The molecule has 2 atom stereocenters. The molecule has 3 heteroatoms. The molecule has 0 N–H and O–H groups in total. The Hall–Kier alpha value is -7.10. The molecule has 8 aromatic rings. The van der Waals surface area contributed by atoms with E-state index < -0.39 is 5.41 Å². The molecular formula is C53H34N2O. The van der Waals surface area contributed by atoms with Gasteiger partial charge in [-0.1, -0.05) is 170 Å². The SMILES string of the molecule is C1=CC2Oc3cc(-c4cc(-c5ccc6c(c5)-c5ccccc5-c5ccccc5C65c6ccccc6-c6ccccc65)nc(-c5ccccc5)n4)ccc3C2C=C1. The molecule has 0 saturated heterocycles. The van der Waals surface area contributed by atoms with Gasteiger partial charge in [0, 0.05) is 28.2 Å². The van der Waals surface area contributed by atoms with E-state index in [0.29, 0.717) is 5.82 Å². The molecule has 1 aliphatic heterocycles. The van der Waals surface area contributed by atoms with Crippen molar-refractivity contribution < 1.29 is 4.74 Å². The average molecular weight is 715 g/mol. The molecule has 2 unspecified atom stereocenters. The number of aromatic nitrogens is 2. The first-order chi connectivity index (χ1) is 27.8. The summed E-state index contributed by atoms with van der Waals surface area (Å²) in [5.74, 6) is 1.84. The van der Waals surface area contributed by atoms with Gasteiger partial charge < -0.3 is 4.74 Å². The number of rotatable bonds is 3. The van der Waals surface area contributed by atoms with Crippen molar-refractivity contribution >= 4 is 0 Å². The zero-order valence-corrected chi connectivity index (χ0v) is 30.4. The summed E-state index contributed by atoms with van der Waals surface area (Å²) in [6, 6.07) is 61.9. The van der Waals surface area contributed by atoms with Gasteiger partial charge in [0.2, 0.25) is 0 Å². The largest absolute Gasteiger partial charge is 0.485 e. The van der Waals surface area contributed by atoms with E-state index in [-0.39, 0.29) is 12.0 Å². The number of hydrogen-bond donors (Lipinski definition) is 0. The minimum atomic E-state index is -0.519. The molecule has 2 heterocycles. The highest BCUT2D eigenvalue weighted by atomic mass is 16.5. The van der Waals surface area contributed by atoms with Crippen molar-refractivity contribution in [1.29, 1.82) is 0 Å². The molecule has 4 aliphatic rings. The minimum Gasteiger partial charge on any atom is -0.485 e. The summed E-state index contributed by atoms with van der Waals surface area (Å²) in [6.45, 7) is 0. The van der Waals surface area contributed by atoms with Crippen LogP contribution in [0.2, 0.25) is 0 Å². The van der Waals surface area contributed by atoms with E-state index in [1.54, 1.807) is 0 Å². The molecule has 3 nitrogen and oxygen atoms in total. The van der Waals surface area contributed by atoms with Gasteiger partial charge in [-0.3, -0.25) is 0 Å². The maximum absolute atomic E-state index is 6.45. The van der Waals surface area contributed by atoms with Crippen LogP contribution in [-0.4, -0.2) is 16.1 Å². The Kier molecular flexibility index (Phi) is 6.67. The Morgan fingerprint density at radius 3 is 1.61 bits per heavy atom. The Bertz CT molecular complexity index is 2930. The highest BCUT2D eigenvalue weighted by Gasteiger charge is 2.49. The van der Waals surface area contributed by atoms with Crippen molar-refractivity contribution in [3.63, 3.8) is 0 Å². The Morgan fingerprint density at radius 2 is 0.929 bits per heavy atom. The van der Waals surface area contributed by atoms with Crippen LogP contribution < -0.4 is 4.74 Å². The molecule has 12 rings (SSSR count). The number of nitrogens with zero attached hydrogens (tertiary/aromatic N) is 2. The fourth-order valence-corrected chi connectivity index (χ4v) is 9.87. The number of benzene rings is 7. The fourth-order valence-electron chi connectivity index (χ4n) is 9.87. The van der Waals surface area contributed by atoms with Crippen LogP contribution in [0.5, 0.6) is 5.75 Å². The normalized spacial score (nSPS) is 17.1. The molecule has 1 aromatic heterocycles. The minimum absolute atomic E-state index is 0.0294. The standard InChI is InChI=1S/C53H34N2O/c1-2-14-33(15-3-1)52-54-48(32-49(55-52)35-26-28-42-41-21-9-13-25-50(41)56-51(42)31-35)34-27-29-47-43(30-34)37-17-5-4-16-36(37)38-18-6-10-22-44(38)53(47)45-23-11-7-19-39(45)40-20-8-12-24-46(40)53/h1-32,41,50H. The van der Waals surface area contributed by atoms with Crippen molar-refractivity contribution in [3.8, 4) is 73.0 Å². The van der Waals surface area contributed by atoms with Crippen molar-refractivity contribution in [1.82, 2.24) is 9.97 Å². The summed E-state index contributed by atoms with van der Waals surface area (Å²) in [5, 5.41) is 0. The van der Waals surface area contributed by atoms with Crippen molar-refractivity contribution in [2.45, 2.75) is 17.4 Å². The monoisotopic (exact) mass is 714 g/mol. The highest BCUT2D eigenvalue weighted by Crippen LogP contribution is 2.61. The number of ether oxygens (including phenoxy) is 1. The van der Waals surface area contributed by atoms with Gasteiger partial charge >= 0.3 is 0 Å². The first-order valence-electron chi connectivity index (χ1n) is 19.4. The Labute approximate surface area is 326 Å². The van der Waals surface area contributed by atoms with Crippen LogP contribution in [0.15, 0.2) is 194 Å². The van der Waals surface area contributed by atoms with E-state index >= 15 is 0 Å². The molecule has 0 fully saturated rings. The van der Waals surface area contributed by atoms with Crippen LogP contribution in [0.3, 0.4) is 0 Å². The summed E-state index contributed by atoms with van der Waals surface area (Å²) >= 11 is 0. The number of hydrogen-bond acceptors (Lipinski definition) is 3. The highest BCUT2D eigenvalue weighted by molar-refractivity contribution is 5.98. The van der Waals surface area contributed by atoms with Gasteiger partial charge in [-0.15, -0.1) is 0 Å². The van der Waals surface area contributed by atoms with Crippen molar-refractivity contribution in [3.05, 3.63) is 222 Å². The van der Waals surface area contributed by atoms with Crippen LogP contribution >= 0.6 is 0 Å². The third-order valence-corrected chi connectivity index (χ3v) is 12.3. The zero-order valence-electron chi connectivity index (χ0n) is 30.4. The van der Waals surface area contributed by atoms with Gasteiger partial charge in [-0.05, 0) is 79.9 Å². The van der Waals surface area contributed by atoms with Gasteiger partial charge in [-0.25, -0.2) is 9.97 Å². The summed E-state index contributed by atoms with van der Waals surface area (Å²) in [7, 11) is 0. The molecule has 0 saturated carbocycles. The molecule has 3 aliphatic carbocycles. The van der Waals surface area contributed by atoms with E-state index in [0.717, 1.165) is 33.8 Å². The Morgan fingerprint density at radius 1 is 0.411 bits per heavy atom. The maximum atomic E-state index is 6.45. The second-order valence-corrected chi connectivity index (χ2v) is 15.2. The first kappa shape index (κ1) is 31.3. The lowest BCUT2D eigenvalue weighted by Crippen LogP contribution is -2.29. The van der Waals surface area contributed by atoms with E-state index in [2.05, 4.69) is 176 Å². The molecule has 0 radical (unpaired) electrons. The average Bonchev–Trinajstić information content (AvgIpc) is 3.76. The van der Waals surface area contributed by atoms with Crippen LogP contribution in [-0.2, 0) is 5.41 Å². The summed E-state index contributed by atoms with van der Waals surface area (Å²) in [4.78, 5) is 10.5. The van der Waals surface area contributed by atoms with Gasteiger partial charge in [0.05, 0.1) is 16.8 Å². The van der Waals surface area contributed by atoms with Gasteiger partial charge in [-0.2, -0.15) is 0 Å². The topological polar surface area (TPSA) is 35.0 Å². The second-order valence-electron chi connectivity index (χ2n) is 15.2. The van der Waals surface area contributed by atoms with Crippen LogP contribution in [0.4, 0.5) is 0 Å². The van der Waals surface area contributed by atoms with Gasteiger partial charge in [0.15, 0.2) is 5.82 Å². The lowest BCUT2D eigenvalue weighted by Gasteiger charge is -2.35. The predicted molar refractivity (Wildman–Crippen MR) is 226 cm³/mol. The second kappa shape index (κ2) is 11.9.